The highest BCUT2D eigenvalue weighted by molar-refractivity contribution is 7.89. The summed E-state index contributed by atoms with van der Waals surface area (Å²) in [5, 5.41) is 3.57. The summed E-state index contributed by atoms with van der Waals surface area (Å²) in [6.45, 7) is 3.50. The van der Waals surface area contributed by atoms with E-state index < -0.39 is 10.0 Å². The number of hydrogen-bond acceptors (Lipinski definition) is 3. The van der Waals surface area contributed by atoms with Crippen molar-refractivity contribution in [2.24, 2.45) is 0 Å². The minimum atomic E-state index is -3.40. The lowest BCUT2D eigenvalue weighted by Crippen LogP contribution is -2.42. The second kappa shape index (κ2) is 3.37. The molecule has 0 saturated carbocycles. The summed E-state index contributed by atoms with van der Waals surface area (Å²) in [5.74, 6) is 0. The fourth-order valence-corrected chi connectivity index (χ4v) is 3.10. The number of fused-ring (bicyclic) bond motifs is 1. The molecule has 0 bridgehead atoms. The van der Waals surface area contributed by atoms with Crippen LogP contribution < -0.4 is 10.0 Å². The molecule has 1 aliphatic heterocycles. The van der Waals surface area contributed by atoms with Crippen molar-refractivity contribution < 1.29 is 8.42 Å². The molecular weight excluding hydrogens is 236 g/mol. The van der Waals surface area contributed by atoms with Gasteiger partial charge < -0.3 is 5.32 Å². The van der Waals surface area contributed by atoms with Crippen molar-refractivity contribution in [1.29, 1.82) is 0 Å². The van der Waals surface area contributed by atoms with E-state index >= 15 is 0 Å². The summed E-state index contributed by atoms with van der Waals surface area (Å²) in [4.78, 5) is 0.252. The molecule has 4 nitrogen and oxygen atoms in total. The van der Waals surface area contributed by atoms with Gasteiger partial charge in [-0.3, -0.25) is 0 Å². The van der Waals surface area contributed by atoms with Gasteiger partial charge in [-0.2, -0.15) is 4.72 Å². The predicted molar refractivity (Wildman–Crippen MR) is 59.6 cm³/mol. The van der Waals surface area contributed by atoms with Crippen LogP contribution in [0, 0.1) is 6.92 Å². The summed E-state index contributed by atoms with van der Waals surface area (Å²) in [6.07, 6.45) is -0.318. The van der Waals surface area contributed by atoms with Gasteiger partial charge in [0.05, 0.1) is 11.9 Å². The molecule has 0 amide bonds. The molecule has 1 aromatic rings. The average Bonchev–Trinajstić information content (AvgIpc) is 2.07. The third-order valence-electron chi connectivity index (χ3n) is 2.25. The number of nitrogens with one attached hydrogen (secondary N) is 2. The number of sulfonamides is 1. The Labute approximate surface area is 93.7 Å². The van der Waals surface area contributed by atoms with Gasteiger partial charge in [0.25, 0.3) is 0 Å². The lowest BCUT2D eigenvalue weighted by Gasteiger charge is -2.25. The summed E-state index contributed by atoms with van der Waals surface area (Å²) in [7, 11) is -3.40. The number of aryl methyl sites for hydroxylation is 1. The first-order valence-electron chi connectivity index (χ1n) is 4.49. The van der Waals surface area contributed by atoms with Gasteiger partial charge in [-0.05, 0) is 31.5 Å². The Morgan fingerprint density at radius 3 is 2.73 bits per heavy atom. The quantitative estimate of drug-likeness (QED) is 0.733. The zero-order valence-electron chi connectivity index (χ0n) is 8.33. The van der Waals surface area contributed by atoms with Crippen LogP contribution in [0.5, 0.6) is 0 Å². The number of halogens is 1. The first-order valence-corrected chi connectivity index (χ1v) is 6.35. The second-order valence-electron chi connectivity index (χ2n) is 3.58. The van der Waals surface area contributed by atoms with Crippen LogP contribution in [0.15, 0.2) is 17.0 Å². The van der Waals surface area contributed by atoms with E-state index in [4.69, 9.17) is 11.6 Å². The van der Waals surface area contributed by atoms with Crippen molar-refractivity contribution in [3.8, 4) is 0 Å². The predicted octanol–water partition coefficient (Wildman–Crippen LogP) is 1.70. The monoisotopic (exact) mass is 246 g/mol. The minimum absolute atomic E-state index is 0.252. The summed E-state index contributed by atoms with van der Waals surface area (Å²) in [5.41, 5.74) is 1.30. The summed E-state index contributed by atoms with van der Waals surface area (Å²) in [6, 6.07) is 3.21. The molecule has 6 heteroatoms. The molecule has 0 aliphatic carbocycles. The Morgan fingerprint density at radius 1 is 1.40 bits per heavy atom. The highest BCUT2D eigenvalue weighted by atomic mass is 35.5. The number of benzene rings is 1. The van der Waals surface area contributed by atoms with Gasteiger partial charge in [0.1, 0.15) is 4.90 Å². The fourth-order valence-electron chi connectivity index (χ4n) is 1.55. The van der Waals surface area contributed by atoms with Crippen LogP contribution in [0.25, 0.3) is 0 Å². The van der Waals surface area contributed by atoms with Crippen LogP contribution in [0.2, 0.25) is 5.02 Å². The molecular formula is C9H11ClN2O2S. The maximum atomic E-state index is 11.8. The topological polar surface area (TPSA) is 58.2 Å². The first kappa shape index (κ1) is 10.7. The molecule has 1 atom stereocenters. The van der Waals surface area contributed by atoms with Gasteiger partial charge in [0, 0.05) is 5.02 Å². The second-order valence-corrected chi connectivity index (χ2v) is 5.67. The molecule has 1 heterocycles. The Kier molecular flexibility index (Phi) is 2.41. The van der Waals surface area contributed by atoms with E-state index in [0.29, 0.717) is 10.7 Å². The van der Waals surface area contributed by atoms with Gasteiger partial charge in [-0.15, -0.1) is 0 Å². The van der Waals surface area contributed by atoms with E-state index in [9.17, 15) is 8.42 Å². The van der Waals surface area contributed by atoms with E-state index in [1.165, 1.54) is 0 Å². The maximum absolute atomic E-state index is 11.8. The van der Waals surface area contributed by atoms with Crippen LogP contribution in [0.3, 0.4) is 0 Å². The van der Waals surface area contributed by atoms with Crippen LogP contribution in [0.4, 0.5) is 5.69 Å². The smallest absolute Gasteiger partial charge is 0.244 e. The highest BCUT2D eigenvalue weighted by Crippen LogP contribution is 2.31. The Balaban J connectivity index is 2.68. The van der Waals surface area contributed by atoms with Crippen LogP contribution in [-0.2, 0) is 10.0 Å². The lowest BCUT2D eigenvalue weighted by molar-refractivity contribution is 0.565. The molecule has 0 spiro atoms. The summed E-state index contributed by atoms with van der Waals surface area (Å²) >= 11 is 5.93. The van der Waals surface area contributed by atoms with Gasteiger partial charge in [0.15, 0.2) is 0 Å². The number of rotatable bonds is 0. The minimum Gasteiger partial charge on any atom is -0.368 e. The molecule has 1 aromatic carbocycles. The van der Waals surface area contributed by atoms with Gasteiger partial charge in [0.2, 0.25) is 10.0 Å². The van der Waals surface area contributed by atoms with Crippen LogP contribution in [-0.4, -0.2) is 14.6 Å². The molecule has 1 aliphatic rings. The molecule has 2 N–H and O–H groups in total. The molecule has 15 heavy (non-hydrogen) atoms. The van der Waals surface area contributed by atoms with E-state index in [1.54, 1.807) is 26.0 Å². The van der Waals surface area contributed by atoms with Crippen molar-refractivity contribution in [2.45, 2.75) is 24.9 Å². The van der Waals surface area contributed by atoms with Crippen LogP contribution >= 0.6 is 11.6 Å². The third kappa shape index (κ3) is 1.82. The summed E-state index contributed by atoms with van der Waals surface area (Å²) < 4.78 is 26.0. The molecule has 0 radical (unpaired) electrons. The molecule has 0 aromatic heterocycles. The molecule has 2 rings (SSSR count). The largest absolute Gasteiger partial charge is 0.368 e. The first-order chi connectivity index (χ1) is 6.90. The number of anilines is 1. The SMILES string of the molecule is Cc1cc2c(cc1Cl)NC(C)NS2(=O)=O. The molecule has 82 valence electrons. The number of hydrogen-bond donors (Lipinski definition) is 2. The zero-order chi connectivity index (χ0) is 11.2. The highest BCUT2D eigenvalue weighted by Gasteiger charge is 2.27. The molecule has 1 unspecified atom stereocenters. The van der Waals surface area contributed by atoms with Crippen molar-refractivity contribution in [3.63, 3.8) is 0 Å². The maximum Gasteiger partial charge on any atom is 0.244 e. The van der Waals surface area contributed by atoms with Crippen molar-refractivity contribution >= 4 is 27.3 Å². The van der Waals surface area contributed by atoms with E-state index in [1.807, 2.05) is 0 Å². The van der Waals surface area contributed by atoms with Crippen molar-refractivity contribution in [3.05, 3.63) is 22.7 Å². The average molecular weight is 247 g/mol. The van der Waals surface area contributed by atoms with Crippen molar-refractivity contribution in [2.75, 3.05) is 5.32 Å². The third-order valence-corrected chi connectivity index (χ3v) is 4.24. The van der Waals surface area contributed by atoms with Crippen LogP contribution in [0.1, 0.15) is 12.5 Å². The molecule has 0 saturated heterocycles. The molecule has 0 fully saturated rings. The Hall–Kier alpha value is -0.780. The Bertz CT molecular complexity index is 513. The Morgan fingerprint density at radius 2 is 2.07 bits per heavy atom. The van der Waals surface area contributed by atoms with Gasteiger partial charge in [-0.25, -0.2) is 8.42 Å². The lowest BCUT2D eigenvalue weighted by atomic mass is 10.2. The van der Waals surface area contributed by atoms with Gasteiger partial charge in [-0.1, -0.05) is 11.6 Å². The standard InChI is InChI=1S/C9H11ClN2O2S/c1-5-3-9-8(4-7(5)10)11-6(2)12-15(9,13)14/h3-4,6,11-12H,1-2H3. The van der Waals surface area contributed by atoms with E-state index in [0.717, 1.165) is 5.56 Å². The fraction of sp³-hybridized carbons (Fsp3) is 0.333. The van der Waals surface area contributed by atoms with Gasteiger partial charge >= 0.3 is 0 Å². The van der Waals surface area contributed by atoms with Crippen molar-refractivity contribution in [1.82, 2.24) is 4.72 Å². The zero-order valence-corrected chi connectivity index (χ0v) is 9.91. The van der Waals surface area contributed by atoms with E-state index in [-0.39, 0.29) is 11.1 Å². The normalized spacial score (nSPS) is 23.0. The van der Waals surface area contributed by atoms with E-state index in [2.05, 4.69) is 10.0 Å².